The Hall–Kier alpha value is -2.25. The highest BCUT2D eigenvalue weighted by atomic mass is 16.5. The van der Waals surface area contributed by atoms with Crippen molar-refractivity contribution in [1.82, 2.24) is 20.4 Å². The molecule has 1 aromatic heterocycles. The third-order valence-corrected chi connectivity index (χ3v) is 4.26. The molecule has 0 spiro atoms. The second-order valence-electron chi connectivity index (χ2n) is 6.22. The van der Waals surface area contributed by atoms with Crippen molar-refractivity contribution in [3.05, 3.63) is 47.6 Å². The molecule has 3 N–H and O–H groups in total. The highest BCUT2D eigenvalue weighted by molar-refractivity contribution is 5.81. The van der Waals surface area contributed by atoms with E-state index in [1.165, 1.54) is 0 Å². The zero-order chi connectivity index (χ0) is 16.9. The number of nitrogens with one attached hydrogen (secondary N) is 1. The highest BCUT2D eigenvalue weighted by Crippen LogP contribution is 2.18. The molecule has 128 valence electrons. The number of rotatable bonds is 6. The molecule has 1 fully saturated rings. The molecule has 1 saturated heterocycles. The van der Waals surface area contributed by atoms with Gasteiger partial charge in [0.25, 0.3) is 0 Å². The topological polar surface area (TPSA) is 97.3 Å². The van der Waals surface area contributed by atoms with Gasteiger partial charge in [-0.25, -0.2) is 0 Å². The Morgan fingerprint density at radius 2 is 2.25 bits per heavy atom. The van der Waals surface area contributed by atoms with Crippen molar-refractivity contribution >= 4 is 5.91 Å². The lowest BCUT2D eigenvalue weighted by molar-refractivity contribution is -0.120. The quantitative estimate of drug-likeness (QED) is 0.825. The Labute approximate surface area is 141 Å². The Kier molecular flexibility index (Phi) is 5.22. The number of benzene rings is 1. The molecular weight excluding hydrogens is 306 g/mol. The van der Waals surface area contributed by atoms with Crippen molar-refractivity contribution in [3.8, 4) is 0 Å². The molecule has 2 heterocycles. The lowest BCUT2D eigenvalue weighted by Gasteiger charge is -2.34. The second kappa shape index (κ2) is 7.55. The highest BCUT2D eigenvalue weighted by Gasteiger charge is 2.26. The van der Waals surface area contributed by atoms with Gasteiger partial charge >= 0.3 is 0 Å². The number of hydrogen-bond acceptors (Lipinski definition) is 6. The number of aryl methyl sites for hydroxylation is 1. The summed E-state index contributed by atoms with van der Waals surface area (Å²) < 4.78 is 5.02. The van der Waals surface area contributed by atoms with Crippen LogP contribution >= 0.6 is 0 Å². The molecule has 24 heavy (non-hydrogen) atoms. The summed E-state index contributed by atoms with van der Waals surface area (Å²) in [7, 11) is 0. The van der Waals surface area contributed by atoms with Crippen molar-refractivity contribution in [2.45, 2.75) is 38.4 Å². The number of primary amides is 1. The smallest absolute Gasteiger partial charge is 0.239 e. The minimum atomic E-state index is -0.469. The molecule has 1 aliphatic rings. The van der Waals surface area contributed by atoms with Crippen molar-refractivity contribution in [3.63, 3.8) is 0 Å². The summed E-state index contributed by atoms with van der Waals surface area (Å²) in [4.78, 5) is 18.4. The number of aromatic nitrogens is 2. The molecule has 7 nitrogen and oxygen atoms in total. The van der Waals surface area contributed by atoms with Crippen LogP contribution in [0.3, 0.4) is 0 Å². The van der Waals surface area contributed by atoms with Crippen molar-refractivity contribution in [2.24, 2.45) is 5.73 Å². The molecule has 7 heteroatoms. The maximum atomic E-state index is 11.9. The molecule has 2 aromatic rings. The predicted octanol–water partition coefficient (Wildman–Crippen LogP) is 1.16. The van der Waals surface area contributed by atoms with Gasteiger partial charge in [0.1, 0.15) is 6.04 Å². The fraction of sp³-hybridized carbons (Fsp3) is 0.471. The summed E-state index contributed by atoms with van der Waals surface area (Å²) in [6.07, 6.45) is 2.06. The monoisotopic (exact) mass is 329 g/mol. The third kappa shape index (κ3) is 4.18. The van der Waals surface area contributed by atoms with Gasteiger partial charge in [0, 0.05) is 19.5 Å². The Balaban J connectivity index is 1.62. The first-order valence-electron chi connectivity index (χ1n) is 8.23. The van der Waals surface area contributed by atoms with E-state index >= 15 is 0 Å². The molecule has 3 rings (SSSR count). The minimum Gasteiger partial charge on any atom is -0.368 e. The van der Waals surface area contributed by atoms with Gasteiger partial charge in [0.05, 0.1) is 6.54 Å². The van der Waals surface area contributed by atoms with Crippen molar-refractivity contribution in [1.29, 1.82) is 0 Å². The maximum absolute atomic E-state index is 11.9. The zero-order valence-electron chi connectivity index (χ0n) is 13.8. The second-order valence-corrected chi connectivity index (χ2v) is 6.22. The van der Waals surface area contributed by atoms with E-state index in [4.69, 9.17) is 10.3 Å². The largest absolute Gasteiger partial charge is 0.368 e. The fourth-order valence-corrected chi connectivity index (χ4v) is 3.16. The van der Waals surface area contributed by atoms with E-state index in [2.05, 4.69) is 20.4 Å². The first-order valence-corrected chi connectivity index (χ1v) is 8.23. The van der Waals surface area contributed by atoms with Crippen molar-refractivity contribution < 1.29 is 9.32 Å². The van der Waals surface area contributed by atoms with Crippen LogP contribution in [0.1, 0.15) is 36.2 Å². The Bertz CT molecular complexity index is 673. The average Bonchev–Trinajstić information content (AvgIpc) is 2.98. The van der Waals surface area contributed by atoms with Crippen LogP contribution in [0.2, 0.25) is 0 Å². The number of piperidine rings is 1. The van der Waals surface area contributed by atoms with Crippen LogP contribution in [-0.2, 0) is 11.3 Å². The molecule has 0 saturated carbocycles. The third-order valence-electron chi connectivity index (χ3n) is 4.26. The molecule has 1 amide bonds. The maximum Gasteiger partial charge on any atom is 0.239 e. The summed E-state index contributed by atoms with van der Waals surface area (Å²) in [6, 6.07) is 9.33. The Morgan fingerprint density at radius 3 is 2.92 bits per heavy atom. The van der Waals surface area contributed by atoms with Gasteiger partial charge in [-0.2, -0.15) is 4.98 Å². The van der Waals surface area contributed by atoms with E-state index < -0.39 is 6.04 Å². The molecule has 0 bridgehead atoms. The number of likely N-dealkylation sites (tertiary alicyclic amines) is 1. The molecule has 1 aromatic carbocycles. The van der Waals surface area contributed by atoms with E-state index in [1.807, 2.05) is 30.3 Å². The number of hydrogen-bond donors (Lipinski definition) is 2. The fourth-order valence-electron chi connectivity index (χ4n) is 3.16. The molecule has 2 atom stereocenters. The minimum absolute atomic E-state index is 0.199. The van der Waals surface area contributed by atoms with Gasteiger partial charge in [-0.3, -0.25) is 15.0 Å². The van der Waals surface area contributed by atoms with Gasteiger partial charge < -0.3 is 10.3 Å². The molecule has 0 radical (unpaired) electrons. The molecule has 0 aliphatic carbocycles. The van der Waals surface area contributed by atoms with Gasteiger partial charge in [0.15, 0.2) is 5.82 Å². The lowest BCUT2D eigenvalue weighted by Crippen LogP contribution is -2.49. The molecule has 1 aliphatic heterocycles. The van der Waals surface area contributed by atoms with E-state index in [0.29, 0.717) is 18.3 Å². The van der Waals surface area contributed by atoms with Gasteiger partial charge in [-0.05, 0) is 24.9 Å². The van der Waals surface area contributed by atoms with Crippen LogP contribution < -0.4 is 11.1 Å². The van der Waals surface area contributed by atoms with Crippen LogP contribution in [0.4, 0.5) is 0 Å². The van der Waals surface area contributed by atoms with Crippen molar-refractivity contribution in [2.75, 3.05) is 13.1 Å². The van der Waals surface area contributed by atoms with Crippen LogP contribution in [0.5, 0.6) is 0 Å². The van der Waals surface area contributed by atoms with E-state index in [9.17, 15) is 4.79 Å². The number of amides is 1. The zero-order valence-corrected chi connectivity index (χ0v) is 13.8. The van der Waals surface area contributed by atoms with Crippen LogP contribution in [0.25, 0.3) is 0 Å². The van der Waals surface area contributed by atoms with Crippen LogP contribution in [-0.4, -0.2) is 40.1 Å². The number of carbonyl (C=O) groups is 1. The lowest BCUT2D eigenvalue weighted by atomic mass is 10.0. The first kappa shape index (κ1) is 16.6. The van der Waals surface area contributed by atoms with Gasteiger partial charge in [-0.1, -0.05) is 35.5 Å². The first-order chi connectivity index (χ1) is 11.6. The average molecular weight is 329 g/mol. The summed E-state index contributed by atoms with van der Waals surface area (Å²) in [5, 5.41) is 7.36. The summed E-state index contributed by atoms with van der Waals surface area (Å²) in [6.45, 7) is 4.25. The van der Waals surface area contributed by atoms with Crippen LogP contribution in [0.15, 0.2) is 34.9 Å². The van der Waals surface area contributed by atoms with E-state index in [1.54, 1.807) is 6.92 Å². The summed E-state index contributed by atoms with van der Waals surface area (Å²) >= 11 is 0. The predicted molar refractivity (Wildman–Crippen MR) is 88.8 cm³/mol. The normalized spacial score (nSPS) is 20.0. The van der Waals surface area contributed by atoms with E-state index in [-0.39, 0.29) is 11.9 Å². The number of nitrogens with two attached hydrogens (primary N) is 1. The van der Waals surface area contributed by atoms with Gasteiger partial charge in [-0.15, -0.1) is 0 Å². The summed E-state index contributed by atoms with van der Waals surface area (Å²) in [5.41, 5.74) is 6.50. The van der Waals surface area contributed by atoms with E-state index in [0.717, 1.165) is 31.5 Å². The Morgan fingerprint density at radius 1 is 1.46 bits per heavy atom. The standard InChI is InChI=1S/C17H23N5O2/c1-12-19-15(21-24-12)11-22-9-5-8-14(10-22)20-16(17(18)23)13-6-3-2-4-7-13/h2-4,6-7,14,16,20H,5,8-11H2,1H3,(H2,18,23)/t14-,16-/m1/s1. The van der Waals surface area contributed by atoms with Gasteiger partial charge in [0.2, 0.25) is 11.8 Å². The molecule has 0 unspecified atom stereocenters. The number of nitrogens with zero attached hydrogens (tertiary/aromatic N) is 3. The van der Waals surface area contributed by atoms with Crippen LogP contribution in [0, 0.1) is 6.92 Å². The summed E-state index contributed by atoms with van der Waals surface area (Å²) in [5.74, 6) is 0.921. The number of carbonyl (C=O) groups excluding carboxylic acids is 1. The SMILES string of the molecule is Cc1nc(CN2CCC[C@@H](N[C@@H](C(N)=O)c3ccccc3)C2)no1. The molecular formula is C17H23N5O2.